The molecule has 300 valence electrons. The van der Waals surface area contributed by atoms with Crippen LogP contribution in [0.2, 0.25) is 0 Å². The maximum Gasteiger partial charge on any atom is -0.0317 e. The number of rotatable bonds is 0. The molecule has 0 N–H and O–H groups in total. The smallest absolute Gasteiger partial charge is 0.0317 e. The summed E-state index contributed by atoms with van der Waals surface area (Å²) in [7, 11) is 0. The monoisotopic (exact) mass is 709 g/mol. The van der Waals surface area contributed by atoms with Crippen LogP contribution in [0.4, 0.5) is 0 Å². The molecule has 0 nitrogen and oxygen atoms in total. The van der Waals surface area contributed by atoms with Crippen molar-refractivity contribution in [3.8, 4) is 0 Å². The largest absolute Gasteiger partial charge is 0.0776 e. The predicted octanol–water partition coefficient (Wildman–Crippen LogP) is 19.3. The summed E-state index contributed by atoms with van der Waals surface area (Å²) in [6.45, 7) is 27.1. The van der Waals surface area contributed by atoms with Gasteiger partial charge >= 0.3 is 0 Å². The highest BCUT2D eigenvalue weighted by Gasteiger charge is 2.06. The lowest BCUT2D eigenvalue weighted by molar-refractivity contribution is 0.672. The molecule has 51 heavy (non-hydrogen) atoms. The van der Waals surface area contributed by atoms with E-state index in [0.29, 0.717) is 0 Å². The van der Waals surface area contributed by atoms with Gasteiger partial charge in [-0.1, -0.05) is 102 Å². The lowest BCUT2D eigenvalue weighted by Crippen LogP contribution is -1.92. The molecule has 6 aliphatic carbocycles. The molecule has 0 amide bonds. The molecule has 0 aliphatic heterocycles. The lowest BCUT2D eigenvalue weighted by atomic mass is 9.94. The minimum Gasteiger partial charge on any atom is -0.0776 e. The van der Waals surface area contributed by atoms with E-state index in [-0.39, 0.29) is 22.3 Å². The Kier molecular flexibility index (Phi) is 33.7. The van der Waals surface area contributed by atoms with Crippen LogP contribution in [-0.4, -0.2) is 0 Å². The fourth-order valence-corrected chi connectivity index (χ4v) is 7.27. The van der Waals surface area contributed by atoms with E-state index >= 15 is 0 Å². The summed E-state index contributed by atoms with van der Waals surface area (Å²) in [6, 6.07) is 0. The molecule has 0 heteroatoms. The summed E-state index contributed by atoms with van der Waals surface area (Å²) >= 11 is 0. The third-order valence-electron chi connectivity index (χ3n) is 12.5. The van der Waals surface area contributed by atoms with E-state index in [2.05, 4.69) is 83.1 Å². The van der Waals surface area contributed by atoms with Crippen molar-refractivity contribution in [2.75, 3.05) is 0 Å². The van der Waals surface area contributed by atoms with E-state index in [1.165, 1.54) is 154 Å². The molecule has 0 saturated carbocycles. The average molecular weight is 709 g/mol. The molecule has 6 aliphatic rings. The van der Waals surface area contributed by atoms with Crippen LogP contribution in [0.1, 0.15) is 259 Å². The molecule has 0 aromatic rings. The molecule has 0 unspecified atom stereocenters. The fourth-order valence-electron chi connectivity index (χ4n) is 7.27. The van der Waals surface area contributed by atoms with Crippen LogP contribution in [0, 0.1) is 0 Å². The molecule has 0 atom stereocenters. The first-order chi connectivity index (χ1) is 22.8. The fraction of sp³-hybridized carbons (Fsp3) is 0.765. The molecule has 0 saturated heterocycles. The first-order valence-corrected chi connectivity index (χ1v) is 20.7. The molecule has 0 spiro atoms. The SMILES string of the molecule is C.C.C.CC1=C(C)CCC1.CC1=C(C)CCC1.CC1=C(C)CCCC1.CC1=C(C)CCCC1.CC1=C(C)CCCCC1.CC1=C(C)CCCCC1. The molecule has 0 aromatic heterocycles. The van der Waals surface area contributed by atoms with Gasteiger partial charge in [0.2, 0.25) is 0 Å². The lowest BCUT2D eigenvalue weighted by Gasteiger charge is -2.12. The summed E-state index contributed by atoms with van der Waals surface area (Å²) in [5.74, 6) is 0. The Morgan fingerprint density at radius 1 is 0.157 bits per heavy atom. The van der Waals surface area contributed by atoms with Gasteiger partial charge in [-0.25, -0.2) is 0 Å². The zero-order valence-electron chi connectivity index (χ0n) is 35.0. The average Bonchev–Trinajstić information content (AvgIpc) is 3.50. The highest BCUT2D eigenvalue weighted by atomic mass is 14.1. The zero-order chi connectivity index (χ0) is 35.9. The predicted molar refractivity (Wildman–Crippen MR) is 241 cm³/mol. The van der Waals surface area contributed by atoms with Gasteiger partial charge in [-0.2, -0.15) is 0 Å². The molecule has 0 bridgehead atoms. The second kappa shape index (κ2) is 31.9. The second-order valence-electron chi connectivity index (χ2n) is 16.6. The van der Waals surface area contributed by atoms with Crippen LogP contribution < -0.4 is 0 Å². The van der Waals surface area contributed by atoms with Crippen LogP contribution in [0.15, 0.2) is 66.9 Å². The van der Waals surface area contributed by atoms with Gasteiger partial charge in [0.05, 0.1) is 0 Å². The molecule has 0 fully saturated rings. The van der Waals surface area contributed by atoms with E-state index in [0.717, 1.165) is 0 Å². The quantitative estimate of drug-likeness (QED) is 0.220. The third kappa shape index (κ3) is 25.2. The molecule has 6 rings (SSSR count). The van der Waals surface area contributed by atoms with Crippen molar-refractivity contribution < 1.29 is 0 Å². The summed E-state index contributed by atoms with van der Waals surface area (Å²) in [6.07, 6.45) is 33.3. The van der Waals surface area contributed by atoms with Crippen LogP contribution in [0.25, 0.3) is 0 Å². The maximum atomic E-state index is 2.28. The van der Waals surface area contributed by atoms with Gasteiger partial charge in [0, 0.05) is 0 Å². The summed E-state index contributed by atoms with van der Waals surface area (Å²) in [5, 5.41) is 0. The molecule has 0 aromatic carbocycles. The van der Waals surface area contributed by atoms with Crippen molar-refractivity contribution in [2.45, 2.75) is 259 Å². The van der Waals surface area contributed by atoms with Crippen molar-refractivity contribution in [1.29, 1.82) is 0 Å². The highest BCUT2D eigenvalue weighted by Crippen LogP contribution is 2.26. The van der Waals surface area contributed by atoms with E-state index in [1.54, 1.807) is 66.9 Å². The summed E-state index contributed by atoms with van der Waals surface area (Å²) < 4.78 is 0. The van der Waals surface area contributed by atoms with E-state index in [9.17, 15) is 0 Å². The minimum absolute atomic E-state index is 0. The van der Waals surface area contributed by atoms with Crippen LogP contribution >= 0.6 is 0 Å². The van der Waals surface area contributed by atoms with Crippen molar-refractivity contribution in [1.82, 2.24) is 0 Å². The Morgan fingerprint density at radius 3 is 0.373 bits per heavy atom. The van der Waals surface area contributed by atoms with Gasteiger partial charge < -0.3 is 0 Å². The number of allylic oxidation sites excluding steroid dienone is 12. The highest BCUT2D eigenvalue weighted by molar-refractivity contribution is 5.15. The topological polar surface area (TPSA) is 0 Å². The third-order valence-corrected chi connectivity index (χ3v) is 12.5. The standard InChI is InChI=1S/2C9H16.2C8H14.2C7H12.3CH4/c2*1-8-6-4-3-5-7-9(8)2;2*1-7-5-3-4-6-8(7)2;2*1-6-4-3-5-7(6)2;;;/h2*3-7H2,1-2H3;2*3-6H2,1-2H3;2*3-5H2,1-2H3;3*1H4. The molecule has 0 heterocycles. The van der Waals surface area contributed by atoms with Crippen molar-refractivity contribution in [3.05, 3.63) is 66.9 Å². The van der Waals surface area contributed by atoms with E-state index in [1.807, 2.05) is 0 Å². The first-order valence-electron chi connectivity index (χ1n) is 20.7. The molecular weight excluding hydrogens is 613 g/mol. The van der Waals surface area contributed by atoms with Crippen LogP contribution in [0.3, 0.4) is 0 Å². The van der Waals surface area contributed by atoms with E-state index in [4.69, 9.17) is 0 Å². The minimum atomic E-state index is 0. The molecule has 0 radical (unpaired) electrons. The zero-order valence-corrected chi connectivity index (χ0v) is 35.0. The summed E-state index contributed by atoms with van der Waals surface area (Å²) in [4.78, 5) is 0. The molecular formula is C51H96. The van der Waals surface area contributed by atoms with Gasteiger partial charge in [0.1, 0.15) is 0 Å². The summed E-state index contributed by atoms with van der Waals surface area (Å²) in [5.41, 5.74) is 19.6. The van der Waals surface area contributed by atoms with Gasteiger partial charge in [0.15, 0.2) is 0 Å². The maximum absolute atomic E-state index is 2.28. The Labute approximate surface area is 325 Å². The van der Waals surface area contributed by atoms with Gasteiger partial charge in [-0.05, 0) is 224 Å². The normalized spacial score (nSPS) is 20.5. The van der Waals surface area contributed by atoms with Crippen LogP contribution in [-0.2, 0) is 0 Å². The second-order valence-corrected chi connectivity index (χ2v) is 16.6. The first kappa shape index (κ1) is 53.8. The van der Waals surface area contributed by atoms with Crippen molar-refractivity contribution >= 4 is 0 Å². The Balaban J connectivity index is -0.000000537. The van der Waals surface area contributed by atoms with Gasteiger partial charge in [0.25, 0.3) is 0 Å². The van der Waals surface area contributed by atoms with Crippen molar-refractivity contribution in [2.24, 2.45) is 0 Å². The van der Waals surface area contributed by atoms with Crippen molar-refractivity contribution in [3.63, 3.8) is 0 Å². The Hall–Kier alpha value is -1.56. The van der Waals surface area contributed by atoms with Gasteiger partial charge in [-0.3, -0.25) is 0 Å². The van der Waals surface area contributed by atoms with Gasteiger partial charge in [-0.15, -0.1) is 0 Å². The van der Waals surface area contributed by atoms with E-state index < -0.39 is 0 Å². The number of hydrogen-bond donors (Lipinski definition) is 0. The Morgan fingerprint density at radius 2 is 0.255 bits per heavy atom. The van der Waals surface area contributed by atoms with Crippen LogP contribution in [0.5, 0.6) is 0 Å². The number of hydrogen-bond acceptors (Lipinski definition) is 0. The Bertz CT molecular complexity index is 951.